The van der Waals surface area contributed by atoms with Gasteiger partial charge in [0.05, 0.1) is 24.4 Å². The molecule has 2 aromatic carbocycles. The lowest BCUT2D eigenvalue weighted by Crippen LogP contribution is -2.51. The van der Waals surface area contributed by atoms with Gasteiger partial charge in [0.2, 0.25) is 11.8 Å². The highest BCUT2D eigenvalue weighted by molar-refractivity contribution is 6.33. The first-order valence-corrected chi connectivity index (χ1v) is 9.87. The summed E-state index contributed by atoms with van der Waals surface area (Å²) in [4.78, 5) is 27.6. The van der Waals surface area contributed by atoms with Crippen LogP contribution in [0.4, 0.5) is 10.1 Å². The Balaban J connectivity index is 1.70. The Morgan fingerprint density at radius 2 is 1.90 bits per heavy atom. The van der Waals surface area contributed by atoms with E-state index in [0.717, 1.165) is 0 Å². The molecule has 8 heteroatoms. The van der Waals surface area contributed by atoms with E-state index in [1.807, 2.05) is 0 Å². The number of carbonyl (C=O) groups is 2. The highest BCUT2D eigenvalue weighted by Gasteiger charge is 2.23. The summed E-state index contributed by atoms with van der Waals surface area (Å²) in [6.45, 7) is 5.42. The fraction of sp³-hybridized carbons (Fsp3) is 0.273. The summed E-state index contributed by atoms with van der Waals surface area (Å²) in [6, 6.07) is 9.50. The second-order valence-electron chi connectivity index (χ2n) is 6.81. The van der Waals surface area contributed by atoms with Crippen molar-refractivity contribution in [3.63, 3.8) is 0 Å². The predicted octanol–water partition coefficient (Wildman–Crippen LogP) is 3.42. The topological polar surface area (TPSA) is 61.9 Å². The number of carbonyl (C=O) groups excluding carboxylic acids is 2. The van der Waals surface area contributed by atoms with Gasteiger partial charge in [0.15, 0.2) is 0 Å². The van der Waals surface area contributed by atoms with Gasteiger partial charge in [-0.15, -0.1) is 0 Å². The fourth-order valence-corrected chi connectivity index (χ4v) is 3.59. The maximum Gasteiger partial charge on any atom is 0.246 e. The molecule has 1 aliphatic rings. The molecule has 0 radical (unpaired) electrons. The molecule has 0 aromatic heterocycles. The van der Waals surface area contributed by atoms with Crippen molar-refractivity contribution in [1.29, 1.82) is 0 Å². The molecule has 0 unspecified atom stereocenters. The number of nitrogens with one attached hydrogen (secondary N) is 1. The molecule has 2 aromatic rings. The second-order valence-corrected chi connectivity index (χ2v) is 7.21. The van der Waals surface area contributed by atoms with E-state index >= 15 is 0 Å². The zero-order chi connectivity index (χ0) is 21.7. The van der Waals surface area contributed by atoms with E-state index < -0.39 is 0 Å². The molecular formula is C22H23ClFN3O3. The Bertz CT molecular complexity index is 959. The van der Waals surface area contributed by atoms with Crippen LogP contribution in [0.3, 0.4) is 0 Å². The van der Waals surface area contributed by atoms with Gasteiger partial charge in [0.25, 0.3) is 0 Å². The Kier molecular flexibility index (Phi) is 6.95. The zero-order valence-corrected chi connectivity index (χ0v) is 17.4. The number of benzene rings is 2. The van der Waals surface area contributed by atoms with Gasteiger partial charge in [0.1, 0.15) is 11.6 Å². The minimum Gasteiger partial charge on any atom is -0.495 e. The van der Waals surface area contributed by atoms with E-state index in [1.165, 1.54) is 25.3 Å². The maximum absolute atomic E-state index is 13.6. The Hall–Kier alpha value is -3.06. The number of rotatable bonds is 6. The van der Waals surface area contributed by atoms with Gasteiger partial charge >= 0.3 is 0 Å². The van der Waals surface area contributed by atoms with Crippen molar-refractivity contribution in [1.82, 2.24) is 9.80 Å². The van der Waals surface area contributed by atoms with Crippen molar-refractivity contribution in [3.05, 3.63) is 59.9 Å². The van der Waals surface area contributed by atoms with E-state index in [4.69, 9.17) is 16.3 Å². The van der Waals surface area contributed by atoms with Crippen LogP contribution in [0.2, 0.25) is 5.02 Å². The van der Waals surface area contributed by atoms with Crippen LogP contribution in [0.25, 0.3) is 11.1 Å². The van der Waals surface area contributed by atoms with Crippen LogP contribution < -0.4 is 10.1 Å². The Morgan fingerprint density at radius 1 is 1.20 bits per heavy atom. The van der Waals surface area contributed by atoms with E-state index in [9.17, 15) is 14.0 Å². The predicted molar refractivity (Wildman–Crippen MR) is 115 cm³/mol. The van der Waals surface area contributed by atoms with E-state index in [0.29, 0.717) is 53.8 Å². The highest BCUT2D eigenvalue weighted by atomic mass is 35.5. The van der Waals surface area contributed by atoms with Gasteiger partial charge in [-0.3, -0.25) is 9.59 Å². The molecule has 2 amide bonds. The van der Waals surface area contributed by atoms with Crippen molar-refractivity contribution in [2.45, 2.75) is 0 Å². The average molecular weight is 432 g/mol. The first kappa shape index (κ1) is 21.6. The maximum atomic E-state index is 13.6. The number of piperazine rings is 1. The molecule has 0 saturated carbocycles. The van der Waals surface area contributed by atoms with Crippen LogP contribution in [-0.4, -0.2) is 61.4 Å². The van der Waals surface area contributed by atoms with Crippen molar-refractivity contribution in [3.8, 4) is 16.9 Å². The number of ether oxygens (including phenoxy) is 1. The molecule has 0 spiro atoms. The lowest BCUT2D eigenvalue weighted by atomic mass is 10.0. The average Bonchev–Trinajstić information content (AvgIpc) is 2.77. The number of anilines is 1. The summed E-state index contributed by atoms with van der Waals surface area (Å²) >= 11 is 6.36. The van der Waals surface area contributed by atoms with Gasteiger partial charge in [0, 0.05) is 37.8 Å². The standard InChI is InChI=1S/C22H23ClFN3O3/c1-3-21(28)26-7-9-27(10-8-26)22(29)14-25-19-12-17(18(23)13-20(19)30-2)15-5-4-6-16(24)11-15/h3-6,11-13,25H,1,7-10,14H2,2H3. The minimum atomic E-state index is -0.363. The molecule has 6 nitrogen and oxygen atoms in total. The Labute approximate surface area is 179 Å². The number of nitrogens with zero attached hydrogens (tertiary/aromatic N) is 2. The Morgan fingerprint density at radius 3 is 2.53 bits per heavy atom. The summed E-state index contributed by atoms with van der Waals surface area (Å²) in [5.41, 5.74) is 1.83. The fourth-order valence-electron chi connectivity index (χ4n) is 3.33. The van der Waals surface area contributed by atoms with Crippen LogP contribution >= 0.6 is 11.6 Å². The molecule has 0 bridgehead atoms. The summed E-state index contributed by atoms with van der Waals surface area (Å²) in [5.74, 6) is -0.103. The van der Waals surface area contributed by atoms with Crippen molar-refractivity contribution < 1.29 is 18.7 Å². The smallest absolute Gasteiger partial charge is 0.246 e. The van der Waals surface area contributed by atoms with Crippen LogP contribution in [0.15, 0.2) is 49.1 Å². The third-order valence-corrected chi connectivity index (χ3v) is 5.29. The molecule has 1 fully saturated rings. The first-order valence-electron chi connectivity index (χ1n) is 9.49. The van der Waals surface area contributed by atoms with Gasteiger partial charge in [-0.2, -0.15) is 0 Å². The molecule has 1 aliphatic heterocycles. The van der Waals surface area contributed by atoms with E-state index in [-0.39, 0.29) is 24.2 Å². The normalized spacial score (nSPS) is 13.7. The third kappa shape index (κ3) is 4.91. The molecule has 0 atom stereocenters. The van der Waals surface area contributed by atoms with Crippen LogP contribution in [0, 0.1) is 5.82 Å². The third-order valence-electron chi connectivity index (χ3n) is 4.97. The minimum absolute atomic E-state index is 0.0516. The molecule has 30 heavy (non-hydrogen) atoms. The molecule has 1 N–H and O–H groups in total. The number of halogens is 2. The van der Waals surface area contributed by atoms with Gasteiger partial charge in [-0.25, -0.2) is 4.39 Å². The number of hydrogen-bond donors (Lipinski definition) is 1. The lowest BCUT2D eigenvalue weighted by Gasteiger charge is -2.34. The molecule has 1 saturated heterocycles. The molecule has 158 valence electrons. The molecule has 0 aliphatic carbocycles. The van der Waals surface area contributed by atoms with Crippen molar-refractivity contribution >= 4 is 29.1 Å². The quantitative estimate of drug-likeness (QED) is 0.712. The van der Waals surface area contributed by atoms with Crippen LogP contribution in [0.5, 0.6) is 5.75 Å². The summed E-state index contributed by atoms with van der Waals surface area (Å²) in [6.07, 6.45) is 1.28. The zero-order valence-electron chi connectivity index (χ0n) is 16.7. The van der Waals surface area contributed by atoms with E-state index in [2.05, 4.69) is 11.9 Å². The summed E-state index contributed by atoms with van der Waals surface area (Å²) < 4.78 is 19.0. The first-order chi connectivity index (χ1) is 14.4. The van der Waals surface area contributed by atoms with Gasteiger partial charge < -0.3 is 19.9 Å². The molecule has 3 rings (SSSR count). The van der Waals surface area contributed by atoms with E-state index in [1.54, 1.807) is 34.1 Å². The number of hydrogen-bond acceptors (Lipinski definition) is 4. The van der Waals surface area contributed by atoms with Gasteiger partial charge in [-0.05, 0) is 29.8 Å². The van der Waals surface area contributed by atoms with Gasteiger partial charge in [-0.1, -0.05) is 30.3 Å². The monoisotopic (exact) mass is 431 g/mol. The number of methoxy groups -OCH3 is 1. The molecular weight excluding hydrogens is 409 g/mol. The largest absolute Gasteiger partial charge is 0.495 e. The van der Waals surface area contributed by atoms with Crippen LogP contribution in [-0.2, 0) is 9.59 Å². The van der Waals surface area contributed by atoms with Crippen molar-refractivity contribution in [2.24, 2.45) is 0 Å². The van der Waals surface area contributed by atoms with Crippen molar-refractivity contribution in [2.75, 3.05) is 45.2 Å². The van der Waals surface area contributed by atoms with Crippen LogP contribution in [0.1, 0.15) is 0 Å². The lowest BCUT2D eigenvalue weighted by molar-refractivity contribution is -0.135. The molecule has 1 heterocycles. The number of amides is 2. The second kappa shape index (κ2) is 9.63. The SMILES string of the molecule is C=CC(=O)N1CCN(C(=O)CNc2cc(-c3cccc(F)c3)c(Cl)cc2OC)CC1. The summed E-state index contributed by atoms with van der Waals surface area (Å²) in [5, 5.41) is 3.51. The highest BCUT2D eigenvalue weighted by Crippen LogP contribution is 2.37. The summed E-state index contributed by atoms with van der Waals surface area (Å²) in [7, 11) is 1.51.